The zero-order valence-electron chi connectivity index (χ0n) is 23.0. The number of fused-ring (bicyclic) bond motifs is 5. The molecule has 5 aliphatic heterocycles. The average molecular weight is 543 g/mol. The number of quaternary nitrogens is 1. The summed E-state index contributed by atoms with van der Waals surface area (Å²) in [4.78, 5) is 8.28. The van der Waals surface area contributed by atoms with E-state index in [-0.39, 0.29) is 12.0 Å². The third-order valence-corrected chi connectivity index (χ3v) is 9.88. The standard InChI is InChI=1S/C32H37FN5O2/c33-25-6-4-22(5-7-25)30-26-19-24-21-34-37(29-3-1-2-16-40-29)28(24)20-27(26)32(35-31(30)23-8-17-39-18-9-23)38-13-10-36(11-14-38)12-15-38/h4-7,19-21,23,29H,1-3,8-18H2/q+1. The number of ether oxygens (including phenoxy) is 2. The number of aromatic nitrogens is 3. The molecule has 8 heteroatoms. The van der Waals surface area contributed by atoms with Crippen LogP contribution < -0.4 is 4.48 Å². The Hall–Kier alpha value is -2.91. The number of hydrogen-bond donors (Lipinski definition) is 0. The van der Waals surface area contributed by atoms with Crippen LogP contribution in [0.3, 0.4) is 0 Å². The fourth-order valence-corrected chi connectivity index (χ4v) is 7.53. The summed E-state index contributed by atoms with van der Waals surface area (Å²) in [5.41, 5.74) is 4.43. The first-order valence-electron chi connectivity index (χ1n) is 15.1. The minimum atomic E-state index is -0.217. The molecule has 5 saturated heterocycles. The molecule has 5 aliphatic rings. The van der Waals surface area contributed by atoms with Gasteiger partial charge in [0.2, 0.25) is 5.82 Å². The largest absolute Gasteiger partial charge is 0.381 e. The quantitative estimate of drug-likeness (QED) is 0.314. The summed E-state index contributed by atoms with van der Waals surface area (Å²) in [6, 6.07) is 11.7. The lowest BCUT2D eigenvalue weighted by molar-refractivity contribution is -0.0366. The maximum absolute atomic E-state index is 14.1. The lowest BCUT2D eigenvalue weighted by Gasteiger charge is -2.49. The van der Waals surface area contributed by atoms with Crippen LogP contribution in [0.5, 0.6) is 0 Å². The van der Waals surface area contributed by atoms with Crippen LogP contribution in [0.1, 0.15) is 49.9 Å². The van der Waals surface area contributed by atoms with E-state index in [1.807, 2.05) is 18.3 Å². The van der Waals surface area contributed by atoms with Gasteiger partial charge in [-0.1, -0.05) is 12.1 Å². The predicted molar refractivity (Wildman–Crippen MR) is 155 cm³/mol. The number of rotatable bonds is 4. The van der Waals surface area contributed by atoms with Gasteiger partial charge in [0, 0.05) is 56.3 Å². The van der Waals surface area contributed by atoms with Crippen LogP contribution in [0, 0.1) is 5.82 Å². The first-order valence-corrected chi connectivity index (χ1v) is 15.1. The Balaban J connectivity index is 1.42. The molecule has 0 N–H and O–H groups in total. The molecular formula is C32H37FN5O2+. The molecule has 0 aliphatic carbocycles. The van der Waals surface area contributed by atoms with E-state index in [1.54, 1.807) is 12.1 Å². The van der Waals surface area contributed by atoms with Gasteiger partial charge in [-0.05, 0) is 67.3 Å². The van der Waals surface area contributed by atoms with Crippen LogP contribution in [0.2, 0.25) is 0 Å². The van der Waals surface area contributed by atoms with Crippen molar-refractivity contribution in [3.8, 4) is 11.1 Å². The lowest BCUT2D eigenvalue weighted by atomic mass is 9.86. The number of benzene rings is 2. The van der Waals surface area contributed by atoms with Crippen molar-refractivity contribution in [2.24, 2.45) is 0 Å². The fourth-order valence-electron chi connectivity index (χ4n) is 7.53. The van der Waals surface area contributed by atoms with Gasteiger partial charge in [0.05, 0.1) is 42.4 Å². The molecule has 0 saturated carbocycles. The number of piperazine rings is 3. The van der Waals surface area contributed by atoms with Crippen LogP contribution in [0.4, 0.5) is 10.2 Å². The van der Waals surface area contributed by atoms with Gasteiger partial charge >= 0.3 is 0 Å². The lowest BCUT2D eigenvalue weighted by Crippen LogP contribution is -2.68. The highest BCUT2D eigenvalue weighted by Gasteiger charge is 2.43. The van der Waals surface area contributed by atoms with E-state index in [2.05, 4.69) is 21.7 Å². The van der Waals surface area contributed by atoms with Gasteiger partial charge in [-0.3, -0.25) is 9.38 Å². The van der Waals surface area contributed by atoms with Gasteiger partial charge in [-0.2, -0.15) is 10.1 Å². The highest BCUT2D eigenvalue weighted by atomic mass is 19.1. The van der Waals surface area contributed by atoms with E-state index >= 15 is 0 Å². The maximum Gasteiger partial charge on any atom is 0.236 e. The molecule has 208 valence electrons. The minimum absolute atomic E-state index is 0.0243. The second-order valence-electron chi connectivity index (χ2n) is 12.1. The Morgan fingerprint density at radius 2 is 1.65 bits per heavy atom. The molecule has 2 aromatic heterocycles. The van der Waals surface area contributed by atoms with Crippen LogP contribution in [-0.4, -0.2) is 78.8 Å². The first kappa shape index (κ1) is 24.9. The molecule has 5 fully saturated rings. The highest BCUT2D eigenvalue weighted by molar-refractivity contribution is 6.09. The maximum atomic E-state index is 14.1. The molecule has 1 unspecified atom stereocenters. The highest BCUT2D eigenvalue weighted by Crippen LogP contribution is 2.45. The van der Waals surface area contributed by atoms with Crippen molar-refractivity contribution in [3.05, 3.63) is 54.1 Å². The Bertz CT molecular complexity index is 1530. The van der Waals surface area contributed by atoms with E-state index in [1.165, 1.54) is 16.6 Å². The first-order chi connectivity index (χ1) is 19.7. The molecular weight excluding hydrogens is 505 g/mol. The summed E-state index contributed by atoms with van der Waals surface area (Å²) in [6.07, 6.45) is 7.13. The molecule has 1 atom stereocenters. The van der Waals surface area contributed by atoms with Crippen LogP contribution in [0.15, 0.2) is 42.6 Å². The summed E-state index contributed by atoms with van der Waals surface area (Å²) < 4.78 is 29.1. The van der Waals surface area contributed by atoms with Crippen molar-refractivity contribution in [2.75, 3.05) is 59.1 Å². The zero-order valence-corrected chi connectivity index (χ0v) is 23.0. The SMILES string of the molecule is Fc1ccc(-c2c(C3CCOCC3)nc([N+]34CCN(CC3)CC4)c3cc4c(cnn4C4CCCCO4)cc23)cc1. The van der Waals surface area contributed by atoms with Crippen molar-refractivity contribution in [2.45, 2.75) is 44.2 Å². The normalized spacial score (nSPS) is 27.5. The minimum Gasteiger partial charge on any atom is -0.381 e. The van der Waals surface area contributed by atoms with Gasteiger partial charge in [0.15, 0.2) is 6.23 Å². The fraction of sp³-hybridized carbons (Fsp3) is 0.500. The second-order valence-corrected chi connectivity index (χ2v) is 12.1. The predicted octanol–water partition coefficient (Wildman–Crippen LogP) is 5.62. The van der Waals surface area contributed by atoms with E-state index < -0.39 is 0 Å². The molecule has 2 bridgehead atoms. The molecule has 9 rings (SSSR count). The van der Waals surface area contributed by atoms with Crippen molar-refractivity contribution in [1.29, 1.82) is 0 Å². The van der Waals surface area contributed by atoms with Crippen LogP contribution in [0.25, 0.3) is 32.8 Å². The molecule has 4 aromatic rings. The summed E-state index contributed by atoms with van der Waals surface area (Å²) >= 11 is 0. The van der Waals surface area contributed by atoms with Gasteiger partial charge in [0.25, 0.3) is 0 Å². The smallest absolute Gasteiger partial charge is 0.236 e. The second kappa shape index (κ2) is 9.87. The van der Waals surface area contributed by atoms with Gasteiger partial charge in [-0.25, -0.2) is 9.07 Å². The van der Waals surface area contributed by atoms with Crippen LogP contribution >= 0.6 is 0 Å². The van der Waals surface area contributed by atoms with Gasteiger partial charge in [-0.15, -0.1) is 0 Å². The Labute approximate surface area is 234 Å². The molecule has 0 amide bonds. The van der Waals surface area contributed by atoms with Crippen molar-refractivity contribution in [1.82, 2.24) is 24.1 Å². The molecule has 40 heavy (non-hydrogen) atoms. The Kier molecular flexibility index (Phi) is 6.13. The van der Waals surface area contributed by atoms with Gasteiger partial charge < -0.3 is 9.47 Å². The molecule has 0 spiro atoms. The van der Waals surface area contributed by atoms with Crippen molar-refractivity contribution >= 4 is 27.5 Å². The molecule has 7 nitrogen and oxygen atoms in total. The summed E-state index contributed by atoms with van der Waals surface area (Å²) in [6.45, 7) is 8.92. The van der Waals surface area contributed by atoms with Gasteiger partial charge in [0.1, 0.15) is 5.82 Å². The Morgan fingerprint density at radius 1 is 0.875 bits per heavy atom. The average Bonchev–Trinajstić information content (AvgIpc) is 3.44. The van der Waals surface area contributed by atoms with E-state index in [0.29, 0.717) is 5.92 Å². The number of nitrogens with zero attached hydrogens (tertiary/aromatic N) is 5. The van der Waals surface area contributed by atoms with E-state index in [0.717, 1.165) is 123 Å². The molecule has 7 heterocycles. The van der Waals surface area contributed by atoms with E-state index in [9.17, 15) is 4.39 Å². The summed E-state index contributed by atoms with van der Waals surface area (Å²) in [5, 5.41) is 8.37. The van der Waals surface area contributed by atoms with Crippen LogP contribution in [-0.2, 0) is 9.47 Å². The number of hydrogen-bond acceptors (Lipinski definition) is 5. The third kappa shape index (κ3) is 4.07. The molecule has 2 aromatic carbocycles. The molecule has 0 radical (unpaired) electrons. The zero-order chi connectivity index (χ0) is 26.7. The third-order valence-electron chi connectivity index (χ3n) is 9.88. The van der Waals surface area contributed by atoms with Crippen molar-refractivity contribution < 1.29 is 13.9 Å². The topological polar surface area (TPSA) is 52.4 Å². The summed E-state index contributed by atoms with van der Waals surface area (Å²) in [5.74, 6) is 1.31. The van der Waals surface area contributed by atoms with Crippen molar-refractivity contribution in [3.63, 3.8) is 0 Å². The summed E-state index contributed by atoms with van der Waals surface area (Å²) in [7, 11) is 0. The van der Waals surface area contributed by atoms with E-state index in [4.69, 9.17) is 19.6 Å². The number of pyridine rings is 1. The Morgan fingerprint density at radius 3 is 2.38 bits per heavy atom. The monoisotopic (exact) mass is 542 g/mol. The number of halogens is 1.